The molecule has 0 aromatic carbocycles. The van der Waals surface area contributed by atoms with E-state index in [9.17, 15) is 14.4 Å². The van der Waals surface area contributed by atoms with Crippen LogP contribution in [0, 0.1) is 0 Å². The molecule has 0 saturated carbocycles. The topological polar surface area (TPSA) is 213 Å². The average molecular weight is 260 g/mol. The number of carboxylic acids is 3. The molecule has 0 aromatic heterocycles. The van der Waals surface area contributed by atoms with E-state index in [1.807, 2.05) is 0 Å². The minimum Gasteiger partial charge on any atom is -0.481 e. The molecule has 0 fully saturated rings. The Labute approximate surface area is 93.3 Å². The Kier molecular flexibility index (Phi) is 13.0. The molecule has 0 aliphatic heterocycles. The molecule has 0 rings (SSSR count). The number of hydrogen-bond donors (Lipinski definition) is 8. The normalized spacial score (nSPS) is 9.00. The fraction of sp³-hybridized carbons (Fsp3) is 0.500. The average Bonchev–Trinajstić information content (AvgIpc) is 2.21. The maximum Gasteiger partial charge on any atom is 0.336 e. The van der Waals surface area contributed by atoms with E-state index >= 15 is 0 Å². The highest BCUT2D eigenvalue weighted by molar-refractivity contribution is 5.88. The number of carboxylic acid groups (broad SMARTS) is 3. The Morgan fingerprint density at radius 1 is 0.765 bits per heavy atom. The molecule has 17 heavy (non-hydrogen) atoms. The summed E-state index contributed by atoms with van der Waals surface area (Å²) in [5.41, 5.74) is -2.74. The van der Waals surface area contributed by atoms with Crippen LogP contribution in [0.1, 0.15) is 12.8 Å². The first-order valence-electron chi connectivity index (χ1n) is 3.57. The third-order valence-corrected chi connectivity index (χ3v) is 1.29. The lowest BCUT2D eigenvalue weighted by molar-refractivity contribution is -0.176. The summed E-state index contributed by atoms with van der Waals surface area (Å²) in [6, 6.07) is 0. The molecule has 0 unspecified atom stereocenters. The largest absolute Gasteiger partial charge is 0.481 e. The van der Waals surface area contributed by atoms with Gasteiger partial charge in [-0.3, -0.25) is 30.6 Å². The lowest BCUT2D eigenvalue weighted by atomic mass is 9.96. The highest BCUT2D eigenvalue weighted by atomic mass is 17.0. The number of hydrogen-bond acceptors (Lipinski definition) is 8. The Hall–Kier alpha value is -1.79. The maximum absolute atomic E-state index is 10.3. The summed E-state index contributed by atoms with van der Waals surface area (Å²) in [4.78, 5) is 30.5. The van der Waals surface area contributed by atoms with Crippen molar-refractivity contribution in [2.24, 2.45) is 0 Å². The molecular weight excluding hydrogens is 248 g/mol. The number of rotatable bonds is 5. The lowest BCUT2D eigenvalue weighted by Gasteiger charge is -2.18. The molecular formula is C6H12O11. The van der Waals surface area contributed by atoms with Crippen molar-refractivity contribution in [1.29, 1.82) is 0 Å². The highest BCUT2D eigenvalue weighted by Crippen LogP contribution is 2.15. The summed E-state index contributed by atoms with van der Waals surface area (Å²) in [7, 11) is 0. The zero-order valence-corrected chi connectivity index (χ0v) is 8.22. The third-order valence-electron chi connectivity index (χ3n) is 1.29. The van der Waals surface area contributed by atoms with Gasteiger partial charge in [-0.05, 0) is 0 Å². The van der Waals surface area contributed by atoms with Gasteiger partial charge in [0.2, 0.25) is 0 Å². The van der Waals surface area contributed by atoms with Gasteiger partial charge in [-0.1, -0.05) is 0 Å². The number of aliphatic hydroxyl groups is 1. The Balaban J connectivity index is -0.000000439. The molecule has 0 aliphatic carbocycles. The van der Waals surface area contributed by atoms with Crippen LogP contribution in [-0.4, -0.2) is 65.0 Å². The van der Waals surface area contributed by atoms with Crippen LogP contribution in [-0.2, 0) is 14.4 Å². The van der Waals surface area contributed by atoms with E-state index in [0.717, 1.165) is 0 Å². The second-order valence-electron chi connectivity index (χ2n) is 2.48. The van der Waals surface area contributed by atoms with Gasteiger partial charge in [0.1, 0.15) is 0 Å². The van der Waals surface area contributed by atoms with Gasteiger partial charge < -0.3 is 20.4 Å². The van der Waals surface area contributed by atoms with Gasteiger partial charge in [0, 0.05) is 0 Å². The van der Waals surface area contributed by atoms with E-state index in [-0.39, 0.29) is 0 Å². The molecule has 0 spiro atoms. The van der Waals surface area contributed by atoms with Gasteiger partial charge in [0.25, 0.3) is 0 Å². The standard InChI is InChI=1S/C6H8O7.2H2O2/c7-3(8)1-6(13,5(11)12)2-4(9)10;2*1-2/h13H,1-2H2,(H,7,8)(H,9,10)(H,11,12);2*1-2H. The van der Waals surface area contributed by atoms with Gasteiger partial charge in [0.15, 0.2) is 5.60 Å². The van der Waals surface area contributed by atoms with Gasteiger partial charge in [-0.25, -0.2) is 4.79 Å². The van der Waals surface area contributed by atoms with Crippen LogP contribution in [0.15, 0.2) is 0 Å². The minimum absolute atomic E-state index is 1.14. The molecule has 102 valence electrons. The number of aliphatic carboxylic acids is 3. The molecule has 0 atom stereocenters. The van der Waals surface area contributed by atoms with Crippen LogP contribution in [0.4, 0.5) is 0 Å². The predicted octanol–water partition coefficient (Wildman–Crippen LogP) is -1.21. The zero-order valence-electron chi connectivity index (χ0n) is 8.22. The molecule has 8 N–H and O–H groups in total. The maximum atomic E-state index is 10.3. The molecule has 0 aliphatic rings. The van der Waals surface area contributed by atoms with Crippen molar-refractivity contribution in [3.63, 3.8) is 0 Å². The number of carbonyl (C=O) groups is 3. The summed E-state index contributed by atoms with van der Waals surface area (Å²) in [5, 5.41) is 57.8. The summed E-state index contributed by atoms with van der Waals surface area (Å²) in [6.07, 6.45) is -2.29. The third kappa shape index (κ3) is 10.5. The van der Waals surface area contributed by atoms with Crippen molar-refractivity contribution >= 4 is 17.9 Å². The fourth-order valence-corrected chi connectivity index (χ4v) is 0.714. The zero-order chi connectivity index (χ0) is 14.6. The fourth-order valence-electron chi connectivity index (χ4n) is 0.714. The van der Waals surface area contributed by atoms with E-state index in [0.29, 0.717) is 0 Å². The van der Waals surface area contributed by atoms with E-state index in [2.05, 4.69) is 0 Å². The van der Waals surface area contributed by atoms with Crippen molar-refractivity contribution in [3.05, 3.63) is 0 Å². The smallest absolute Gasteiger partial charge is 0.336 e. The first-order chi connectivity index (χ1) is 7.78. The first kappa shape index (κ1) is 20.6. The molecule has 0 bridgehead atoms. The second-order valence-corrected chi connectivity index (χ2v) is 2.48. The van der Waals surface area contributed by atoms with Gasteiger partial charge in [0.05, 0.1) is 12.8 Å². The molecule has 0 heterocycles. The van der Waals surface area contributed by atoms with Crippen LogP contribution in [0.5, 0.6) is 0 Å². The van der Waals surface area contributed by atoms with Crippen LogP contribution < -0.4 is 0 Å². The van der Waals surface area contributed by atoms with Crippen LogP contribution in [0.25, 0.3) is 0 Å². The molecule has 11 nitrogen and oxygen atoms in total. The first-order valence-corrected chi connectivity index (χ1v) is 3.57. The van der Waals surface area contributed by atoms with E-state index in [1.165, 1.54) is 0 Å². The molecule has 0 aromatic rings. The van der Waals surface area contributed by atoms with Crippen molar-refractivity contribution in [1.82, 2.24) is 0 Å². The lowest BCUT2D eigenvalue weighted by Crippen LogP contribution is -2.42. The summed E-state index contributed by atoms with van der Waals surface area (Å²) in [6.45, 7) is 0. The Bertz CT molecular complexity index is 230. The van der Waals surface area contributed by atoms with Crippen LogP contribution >= 0.6 is 0 Å². The Morgan fingerprint density at radius 3 is 1.12 bits per heavy atom. The molecule has 11 heteroatoms. The minimum atomic E-state index is -2.74. The molecule has 0 radical (unpaired) electrons. The molecule has 0 amide bonds. The van der Waals surface area contributed by atoms with Crippen molar-refractivity contribution < 1.29 is 55.8 Å². The van der Waals surface area contributed by atoms with Crippen molar-refractivity contribution in [3.8, 4) is 0 Å². The highest BCUT2D eigenvalue weighted by Gasteiger charge is 2.40. The summed E-state index contributed by atoms with van der Waals surface area (Å²) in [5.74, 6) is -5.02. The van der Waals surface area contributed by atoms with Crippen LogP contribution in [0.2, 0.25) is 0 Å². The van der Waals surface area contributed by atoms with Crippen molar-refractivity contribution in [2.75, 3.05) is 0 Å². The Morgan fingerprint density at radius 2 is 1.00 bits per heavy atom. The summed E-state index contributed by atoms with van der Waals surface area (Å²) >= 11 is 0. The van der Waals surface area contributed by atoms with E-state index < -0.39 is 36.4 Å². The predicted molar refractivity (Wildman–Crippen MR) is 47.6 cm³/mol. The SMILES string of the molecule is O=C(O)CC(O)(CC(=O)O)C(=O)O.OO.OO. The van der Waals surface area contributed by atoms with Crippen LogP contribution in [0.3, 0.4) is 0 Å². The van der Waals surface area contributed by atoms with E-state index in [4.69, 9.17) is 41.5 Å². The van der Waals surface area contributed by atoms with Crippen molar-refractivity contribution in [2.45, 2.75) is 18.4 Å². The quantitative estimate of drug-likeness (QED) is 0.216. The van der Waals surface area contributed by atoms with Gasteiger partial charge in [-0.2, -0.15) is 0 Å². The monoisotopic (exact) mass is 260 g/mol. The molecule has 0 saturated heterocycles. The van der Waals surface area contributed by atoms with E-state index in [1.54, 1.807) is 0 Å². The van der Waals surface area contributed by atoms with Gasteiger partial charge in [-0.15, -0.1) is 0 Å². The second kappa shape index (κ2) is 10.7. The van der Waals surface area contributed by atoms with Gasteiger partial charge >= 0.3 is 17.9 Å². The summed E-state index contributed by atoms with van der Waals surface area (Å²) < 4.78 is 0.